The SMILES string of the molecule is Cc1c(F)c(F)c(C[O][Zr]([O]C(C)(C)C)([O]C(C)(C)C)[O]C(C)(C)C)c(F)c1F. The first kappa shape index (κ1) is 26.7. The molecular weight excluding hydrogens is 471 g/mol. The quantitative estimate of drug-likeness (QED) is 0.336. The predicted octanol–water partition coefficient (Wildman–Crippen LogP) is 6.33. The molecule has 0 unspecified atom stereocenters. The van der Waals surface area contributed by atoms with Crippen LogP contribution in [0.15, 0.2) is 0 Å². The maximum absolute atomic E-state index is 14.3. The van der Waals surface area contributed by atoms with Crippen LogP contribution in [-0.4, -0.2) is 16.8 Å². The van der Waals surface area contributed by atoms with Crippen molar-refractivity contribution < 1.29 is 50.8 Å². The Kier molecular flexibility index (Phi) is 8.31. The molecule has 0 bridgehead atoms. The number of hydrogen-bond acceptors (Lipinski definition) is 4. The molecule has 1 aromatic carbocycles. The van der Waals surface area contributed by atoms with Crippen molar-refractivity contribution in [1.29, 1.82) is 0 Å². The fourth-order valence-corrected chi connectivity index (χ4v) is 9.41. The van der Waals surface area contributed by atoms with Gasteiger partial charge in [-0.2, -0.15) is 0 Å². The summed E-state index contributed by atoms with van der Waals surface area (Å²) in [5.41, 5.74) is -3.92. The molecule has 0 radical (unpaired) electrons. The first-order valence-electron chi connectivity index (χ1n) is 9.33. The Morgan fingerprint density at radius 1 is 0.621 bits per heavy atom. The van der Waals surface area contributed by atoms with Gasteiger partial charge in [-0.15, -0.1) is 0 Å². The van der Waals surface area contributed by atoms with Crippen molar-refractivity contribution in [2.24, 2.45) is 0 Å². The van der Waals surface area contributed by atoms with Crippen LogP contribution in [0.25, 0.3) is 0 Å². The van der Waals surface area contributed by atoms with Crippen LogP contribution in [0.4, 0.5) is 17.6 Å². The second-order valence-electron chi connectivity index (χ2n) is 9.79. The van der Waals surface area contributed by atoms with Gasteiger partial charge in [-0.25, -0.2) is 0 Å². The van der Waals surface area contributed by atoms with Crippen molar-refractivity contribution in [2.75, 3.05) is 0 Å². The summed E-state index contributed by atoms with van der Waals surface area (Å²) in [6, 6.07) is 0. The van der Waals surface area contributed by atoms with Gasteiger partial charge in [0.05, 0.1) is 0 Å². The van der Waals surface area contributed by atoms with E-state index >= 15 is 0 Å². The number of benzene rings is 1. The van der Waals surface area contributed by atoms with Crippen LogP contribution in [0.1, 0.15) is 73.4 Å². The molecule has 0 aliphatic heterocycles. The molecule has 29 heavy (non-hydrogen) atoms. The van der Waals surface area contributed by atoms with E-state index in [0.717, 1.165) is 6.92 Å². The van der Waals surface area contributed by atoms with E-state index in [0.29, 0.717) is 0 Å². The van der Waals surface area contributed by atoms with Crippen LogP contribution >= 0.6 is 0 Å². The molecule has 9 heteroatoms. The first-order chi connectivity index (χ1) is 12.8. The van der Waals surface area contributed by atoms with Crippen LogP contribution in [0.5, 0.6) is 0 Å². The molecule has 0 atom stereocenters. The van der Waals surface area contributed by atoms with E-state index < -0.39 is 79.8 Å². The molecule has 0 saturated heterocycles. The van der Waals surface area contributed by atoms with E-state index in [1.807, 2.05) is 0 Å². The van der Waals surface area contributed by atoms with Gasteiger partial charge < -0.3 is 0 Å². The van der Waals surface area contributed by atoms with Crippen LogP contribution in [0, 0.1) is 30.2 Å². The molecule has 1 rings (SSSR count). The molecule has 0 aliphatic rings. The molecule has 0 amide bonds. The van der Waals surface area contributed by atoms with E-state index in [2.05, 4.69) is 0 Å². The van der Waals surface area contributed by atoms with Crippen LogP contribution in [0.2, 0.25) is 0 Å². The van der Waals surface area contributed by atoms with Gasteiger partial charge in [0.1, 0.15) is 0 Å². The fraction of sp³-hybridized carbons (Fsp3) is 0.700. The molecule has 1 aromatic rings. The molecule has 0 fully saturated rings. The third kappa shape index (κ3) is 8.02. The van der Waals surface area contributed by atoms with Gasteiger partial charge >= 0.3 is 178 Å². The number of halogens is 4. The molecule has 0 aromatic heterocycles. The van der Waals surface area contributed by atoms with Crippen molar-refractivity contribution in [3.8, 4) is 0 Å². The zero-order chi connectivity index (χ0) is 23.0. The van der Waals surface area contributed by atoms with Gasteiger partial charge in [-0.1, -0.05) is 0 Å². The first-order valence-corrected chi connectivity index (χ1v) is 13.3. The number of rotatable bonds is 6. The van der Waals surface area contributed by atoms with Crippen molar-refractivity contribution in [1.82, 2.24) is 0 Å². The average Bonchev–Trinajstić information content (AvgIpc) is 2.45. The van der Waals surface area contributed by atoms with Crippen LogP contribution in [0.3, 0.4) is 0 Å². The fourth-order valence-electron chi connectivity index (χ4n) is 2.35. The van der Waals surface area contributed by atoms with Gasteiger partial charge in [-0.3, -0.25) is 0 Å². The van der Waals surface area contributed by atoms with E-state index in [4.69, 9.17) is 11.3 Å². The molecule has 168 valence electrons. The molecule has 0 spiro atoms. The zero-order valence-electron chi connectivity index (χ0n) is 18.9. The topological polar surface area (TPSA) is 36.9 Å². The average molecular weight is 504 g/mol. The Morgan fingerprint density at radius 3 is 1.21 bits per heavy atom. The Morgan fingerprint density at radius 2 is 0.931 bits per heavy atom. The van der Waals surface area contributed by atoms with Crippen LogP contribution in [-0.2, 0) is 39.9 Å². The summed E-state index contributed by atoms with van der Waals surface area (Å²) in [5.74, 6) is -5.95. The summed E-state index contributed by atoms with van der Waals surface area (Å²) < 4.78 is 80.6. The van der Waals surface area contributed by atoms with Crippen molar-refractivity contribution in [3.05, 3.63) is 34.4 Å². The second-order valence-corrected chi connectivity index (χ2v) is 14.5. The Bertz CT molecular complexity index is 664. The number of hydrogen-bond donors (Lipinski definition) is 0. The second kappa shape index (κ2) is 9.03. The van der Waals surface area contributed by atoms with E-state index in [-0.39, 0.29) is 0 Å². The molecule has 0 saturated carbocycles. The molecule has 0 N–H and O–H groups in total. The maximum atomic E-state index is 14.3. The Hall–Kier alpha value is -0.337. The van der Waals surface area contributed by atoms with Gasteiger partial charge in [0.25, 0.3) is 0 Å². The molecule has 4 nitrogen and oxygen atoms in total. The summed E-state index contributed by atoms with van der Waals surface area (Å²) in [5, 5.41) is 0. The Labute approximate surface area is 177 Å². The summed E-state index contributed by atoms with van der Waals surface area (Å²) in [4.78, 5) is 0. The summed E-state index contributed by atoms with van der Waals surface area (Å²) in [7, 11) is 0. The van der Waals surface area contributed by atoms with Gasteiger partial charge in [-0.05, 0) is 0 Å². The Balaban J connectivity index is 3.44. The third-order valence-electron chi connectivity index (χ3n) is 3.26. The molecule has 0 heterocycles. The minimum atomic E-state index is -5.01. The summed E-state index contributed by atoms with van der Waals surface area (Å²) in [6.45, 7) is 16.0. The van der Waals surface area contributed by atoms with Crippen molar-refractivity contribution in [2.45, 2.75) is 92.6 Å². The predicted molar refractivity (Wildman–Crippen MR) is 98.3 cm³/mol. The van der Waals surface area contributed by atoms with Gasteiger partial charge in [0.15, 0.2) is 0 Å². The monoisotopic (exact) mass is 502 g/mol. The molecular formula is C20H32F4O4Zr. The standard InChI is InChI=1S/C8H5F4O.3C4H9O.Zr/c1-3-5(9)7(11)4(2-13)8(12)6(3)10;3*1-4(2,3)5;/h2H2,1H3;3*1-3H3;/q4*-1;+4. The van der Waals surface area contributed by atoms with Crippen molar-refractivity contribution >= 4 is 0 Å². The minimum absolute atomic E-state index is 0.735. The zero-order valence-corrected chi connectivity index (χ0v) is 21.3. The summed E-state index contributed by atoms with van der Waals surface area (Å²) >= 11 is -5.01. The van der Waals surface area contributed by atoms with E-state index in [1.165, 1.54) is 0 Å². The van der Waals surface area contributed by atoms with E-state index in [9.17, 15) is 17.6 Å². The third-order valence-corrected chi connectivity index (χ3v) is 10.8. The van der Waals surface area contributed by atoms with E-state index in [1.54, 1.807) is 62.3 Å². The molecule has 0 aliphatic carbocycles. The van der Waals surface area contributed by atoms with Gasteiger partial charge in [0.2, 0.25) is 0 Å². The van der Waals surface area contributed by atoms with Crippen molar-refractivity contribution in [3.63, 3.8) is 0 Å². The van der Waals surface area contributed by atoms with Crippen LogP contribution < -0.4 is 0 Å². The van der Waals surface area contributed by atoms with Gasteiger partial charge in [0, 0.05) is 0 Å². The summed E-state index contributed by atoms with van der Waals surface area (Å²) in [6.07, 6.45) is 0. The normalized spacial score (nSPS) is 13.9.